The number of hydrogen-bond acceptors (Lipinski definition) is 4. The van der Waals surface area contributed by atoms with Gasteiger partial charge in [-0.1, -0.05) is 57.6 Å². The normalized spacial score (nSPS) is 27.8. The number of aliphatic carboxylic acids is 1. The molecule has 0 saturated heterocycles. The van der Waals surface area contributed by atoms with E-state index in [1.54, 1.807) is 6.08 Å². The molecule has 0 spiro atoms. The molecule has 0 bridgehead atoms. The van der Waals surface area contributed by atoms with E-state index in [1.165, 1.54) is 0 Å². The van der Waals surface area contributed by atoms with Crippen molar-refractivity contribution >= 4 is 5.97 Å². The predicted octanol–water partition coefficient (Wildman–Crippen LogP) is 3.27. The molecule has 0 radical (unpaired) electrons. The summed E-state index contributed by atoms with van der Waals surface area (Å²) in [5.74, 6) is -0.833. The van der Waals surface area contributed by atoms with E-state index in [2.05, 4.69) is 6.92 Å². The van der Waals surface area contributed by atoms with E-state index in [9.17, 15) is 20.1 Å². The van der Waals surface area contributed by atoms with Crippen LogP contribution in [0.25, 0.3) is 0 Å². The van der Waals surface area contributed by atoms with Gasteiger partial charge < -0.3 is 20.4 Å². The Labute approximate surface area is 151 Å². The average Bonchev–Trinajstić information content (AvgIpc) is 2.82. The molecule has 0 aromatic rings. The zero-order chi connectivity index (χ0) is 18.7. The van der Waals surface area contributed by atoms with Crippen molar-refractivity contribution in [3.05, 3.63) is 12.2 Å². The fourth-order valence-corrected chi connectivity index (χ4v) is 3.74. The van der Waals surface area contributed by atoms with Crippen LogP contribution < -0.4 is 0 Å². The molecule has 25 heavy (non-hydrogen) atoms. The first-order valence-electron chi connectivity index (χ1n) is 9.90. The third-order valence-electron chi connectivity index (χ3n) is 5.25. The van der Waals surface area contributed by atoms with Crippen molar-refractivity contribution < 1.29 is 25.2 Å². The summed E-state index contributed by atoms with van der Waals surface area (Å²) in [7, 11) is 0. The van der Waals surface area contributed by atoms with E-state index in [1.807, 2.05) is 6.08 Å². The first-order valence-corrected chi connectivity index (χ1v) is 9.90. The third-order valence-corrected chi connectivity index (χ3v) is 5.25. The van der Waals surface area contributed by atoms with Gasteiger partial charge in [0.15, 0.2) is 0 Å². The lowest BCUT2D eigenvalue weighted by Gasteiger charge is -2.21. The Bertz CT molecular complexity index is 396. The molecular formula is C20H36O5. The Hall–Kier alpha value is -0.910. The molecule has 5 heteroatoms. The molecular weight excluding hydrogens is 320 g/mol. The van der Waals surface area contributed by atoms with E-state index < -0.39 is 24.3 Å². The monoisotopic (exact) mass is 356 g/mol. The summed E-state index contributed by atoms with van der Waals surface area (Å²) in [5, 5.41) is 39.0. The van der Waals surface area contributed by atoms with Crippen molar-refractivity contribution in [3.63, 3.8) is 0 Å². The molecule has 146 valence electrons. The van der Waals surface area contributed by atoms with Gasteiger partial charge in [0.05, 0.1) is 18.3 Å². The second-order valence-corrected chi connectivity index (χ2v) is 7.41. The Kier molecular flexibility index (Phi) is 11.0. The molecule has 1 aliphatic rings. The lowest BCUT2D eigenvalue weighted by Crippen LogP contribution is -2.21. The van der Waals surface area contributed by atoms with Crippen LogP contribution in [0.1, 0.15) is 77.6 Å². The molecule has 1 aliphatic carbocycles. The quantitative estimate of drug-likeness (QED) is 0.300. The van der Waals surface area contributed by atoms with Crippen LogP contribution in [0.2, 0.25) is 0 Å². The maximum absolute atomic E-state index is 10.5. The largest absolute Gasteiger partial charge is 0.481 e. The highest BCUT2D eigenvalue weighted by Gasteiger charge is 2.39. The molecule has 0 aromatic heterocycles. The van der Waals surface area contributed by atoms with Crippen molar-refractivity contribution in [2.45, 2.75) is 95.9 Å². The summed E-state index contributed by atoms with van der Waals surface area (Å²) in [6.45, 7) is 2.13. The molecule has 0 aromatic carbocycles. The zero-order valence-electron chi connectivity index (χ0n) is 15.5. The average molecular weight is 357 g/mol. The number of carboxylic acid groups (broad SMARTS) is 1. The van der Waals surface area contributed by atoms with Crippen LogP contribution in [-0.2, 0) is 4.79 Å². The third kappa shape index (κ3) is 8.84. The molecule has 5 atom stereocenters. The van der Waals surface area contributed by atoms with Crippen molar-refractivity contribution in [2.24, 2.45) is 11.8 Å². The number of aliphatic hydroxyl groups is 3. The fourth-order valence-electron chi connectivity index (χ4n) is 3.74. The molecule has 1 saturated carbocycles. The Morgan fingerprint density at radius 1 is 1.08 bits per heavy atom. The van der Waals surface area contributed by atoms with Crippen LogP contribution in [-0.4, -0.2) is 44.7 Å². The molecule has 5 nitrogen and oxygen atoms in total. The summed E-state index contributed by atoms with van der Waals surface area (Å²) >= 11 is 0. The first kappa shape index (κ1) is 22.1. The zero-order valence-corrected chi connectivity index (χ0v) is 15.5. The Morgan fingerprint density at radius 2 is 1.80 bits per heavy atom. The Morgan fingerprint density at radius 3 is 2.48 bits per heavy atom. The number of aliphatic hydroxyl groups excluding tert-OH is 3. The van der Waals surface area contributed by atoms with Crippen molar-refractivity contribution in [2.75, 3.05) is 0 Å². The van der Waals surface area contributed by atoms with Crippen LogP contribution in [0, 0.1) is 11.8 Å². The molecule has 0 amide bonds. The lowest BCUT2D eigenvalue weighted by molar-refractivity contribution is -0.137. The minimum absolute atomic E-state index is 0.0218. The van der Waals surface area contributed by atoms with Gasteiger partial charge in [-0.2, -0.15) is 0 Å². The smallest absolute Gasteiger partial charge is 0.303 e. The number of hydrogen-bond donors (Lipinski definition) is 4. The molecule has 4 unspecified atom stereocenters. The number of carboxylic acids is 1. The van der Waals surface area contributed by atoms with E-state index in [4.69, 9.17) is 5.11 Å². The van der Waals surface area contributed by atoms with Crippen LogP contribution in [0.5, 0.6) is 0 Å². The maximum atomic E-state index is 10.5. The number of unbranched alkanes of at least 4 members (excludes halogenated alkanes) is 5. The van der Waals surface area contributed by atoms with Gasteiger partial charge in [0, 0.05) is 18.8 Å². The Balaban J connectivity index is 2.38. The predicted molar refractivity (Wildman–Crippen MR) is 98.2 cm³/mol. The molecule has 1 rings (SSSR count). The highest BCUT2D eigenvalue weighted by Crippen LogP contribution is 2.37. The van der Waals surface area contributed by atoms with Crippen LogP contribution in [0.3, 0.4) is 0 Å². The van der Waals surface area contributed by atoms with Crippen molar-refractivity contribution in [1.29, 1.82) is 0 Å². The van der Waals surface area contributed by atoms with Crippen LogP contribution in [0.4, 0.5) is 0 Å². The van der Waals surface area contributed by atoms with Crippen LogP contribution >= 0.6 is 0 Å². The summed E-state index contributed by atoms with van der Waals surface area (Å²) in [6.07, 6.45) is 11.0. The van der Waals surface area contributed by atoms with Crippen LogP contribution in [0.15, 0.2) is 12.2 Å². The second-order valence-electron chi connectivity index (χ2n) is 7.41. The van der Waals surface area contributed by atoms with E-state index in [0.717, 1.165) is 51.4 Å². The first-order chi connectivity index (χ1) is 12.0. The summed E-state index contributed by atoms with van der Waals surface area (Å²) in [5.41, 5.74) is 0. The van der Waals surface area contributed by atoms with E-state index in [0.29, 0.717) is 12.8 Å². The highest BCUT2D eigenvalue weighted by atomic mass is 16.4. The van der Waals surface area contributed by atoms with Gasteiger partial charge in [0.2, 0.25) is 0 Å². The summed E-state index contributed by atoms with van der Waals surface area (Å²) in [4.78, 5) is 10.5. The standard InChI is InChI=1S/C20H36O5/c1-2-3-6-9-15(21)12-13-17-16(18(22)14-19(17)23)10-7-4-5-8-11-20(24)25/h12-13,15-19,21-23H,2-11,14H2,1H3,(H,24,25)/b13-12+/t15?,16?,17-,18?,19?/m1/s1. The topological polar surface area (TPSA) is 98.0 Å². The molecule has 0 aliphatic heterocycles. The lowest BCUT2D eigenvalue weighted by atomic mass is 9.88. The van der Waals surface area contributed by atoms with Gasteiger partial charge in [-0.25, -0.2) is 0 Å². The summed E-state index contributed by atoms with van der Waals surface area (Å²) < 4.78 is 0. The second kappa shape index (κ2) is 12.4. The van der Waals surface area contributed by atoms with E-state index >= 15 is 0 Å². The minimum atomic E-state index is -0.753. The van der Waals surface area contributed by atoms with Crippen molar-refractivity contribution in [3.8, 4) is 0 Å². The van der Waals surface area contributed by atoms with Gasteiger partial charge >= 0.3 is 5.97 Å². The fraction of sp³-hybridized carbons (Fsp3) is 0.850. The maximum Gasteiger partial charge on any atom is 0.303 e. The van der Waals surface area contributed by atoms with Gasteiger partial charge in [-0.15, -0.1) is 0 Å². The van der Waals surface area contributed by atoms with Gasteiger partial charge in [-0.05, 0) is 25.2 Å². The summed E-state index contributed by atoms with van der Waals surface area (Å²) in [6, 6.07) is 0. The molecule has 1 fully saturated rings. The van der Waals surface area contributed by atoms with Gasteiger partial charge in [-0.3, -0.25) is 4.79 Å². The minimum Gasteiger partial charge on any atom is -0.481 e. The van der Waals surface area contributed by atoms with Gasteiger partial charge in [0.25, 0.3) is 0 Å². The number of carbonyl (C=O) groups is 1. The molecule has 0 heterocycles. The van der Waals surface area contributed by atoms with E-state index in [-0.39, 0.29) is 18.3 Å². The highest BCUT2D eigenvalue weighted by molar-refractivity contribution is 5.66. The molecule has 4 N–H and O–H groups in total. The number of rotatable bonds is 13. The SMILES string of the molecule is CCCCCC(O)/C=C/[C@H]1C(O)CC(O)C1CCCCCCC(=O)O. The van der Waals surface area contributed by atoms with Gasteiger partial charge in [0.1, 0.15) is 0 Å². The van der Waals surface area contributed by atoms with Crippen molar-refractivity contribution in [1.82, 2.24) is 0 Å².